The lowest BCUT2D eigenvalue weighted by atomic mass is 10.2. The topological polar surface area (TPSA) is 81.4 Å². The number of ether oxygens (including phenoxy) is 1. The Morgan fingerprint density at radius 3 is 2.55 bits per heavy atom. The van der Waals surface area contributed by atoms with Gasteiger partial charge in [-0.3, -0.25) is 4.79 Å². The smallest absolute Gasteiger partial charge is 0.340 e. The second-order valence-corrected chi connectivity index (χ2v) is 4.34. The quantitative estimate of drug-likeness (QED) is 0.671. The van der Waals surface area contributed by atoms with E-state index in [0.29, 0.717) is 0 Å². The molecule has 0 aliphatic carbocycles. The number of esters is 1. The van der Waals surface area contributed by atoms with Crippen molar-refractivity contribution < 1.29 is 23.1 Å². The van der Waals surface area contributed by atoms with Crippen LogP contribution in [0.4, 0.5) is 20.2 Å². The van der Waals surface area contributed by atoms with Gasteiger partial charge in [0.25, 0.3) is 5.91 Å². The second-order valence-electron chi connectivity index (χ2n) is 4.34. The van der Waals surface area contributed by atoms with Crippen LogP contribution in [0.1, 0.15) is 10.4 Å². The Morgan fingerprint density at radius 1 is 1.14 bits per heavy atom. The van der Waals surface area contributed by atoms with Gasteiger partial charge in [0.15, 0.2) is 6.61 Å². The fourth-order valence-electron chi connectivity index (χ4n) is 1.68. The molecule has 0 heterocycles. The van der Waals surface area contributed by atoms with E-state index in [2.05, 4.69) is 5.32 Å². The van der Waals surface area contributed by atoms with Gasteiger partial charge in [-0.1, -0.05) is 12.1 Å². The number of nitrogens with one attached hydrogen (secondary N) is 1. The standard InChI is InChI=1S/C15H12F2N2O3/c16-9-5-6-10(12(18)7-9)15(21)22-8-14(20)19-13-4-2-1-3-11(13)17/h1-7H,8,18H2,(H,19,20). The highest BCUT2D eigenvalue weighted by atomic mass is 19.1. The van der Waals surface area contributed by atoms with Crippen molar-refractivity contribution in [2.24, 2.45) is 0 Å². The van der Waals surface area contributed by atoms with Crippen LogP contribution in [0.25, 0.3) is 0 Å². The summed E-state index contributed by atoms with van der Waals surface area (Å²) in [5.41, 5.74) is 5.30. The van der Waals surface area contributed by atoms with Crippen LogP contribution in [-0.4, -0.2) is 18.5 Å². The number of hydrogen-bond acceptors (Lipinski definition) is 4. The summed E-state index contributed by atoms with van der Waals surface area (Å²) in [7, 11) is 0. The minimum absolute atomic E-state index is 0.0233. The van der Waals surface area contributed by atoms with E-state index in [-0.39, 0.29) is 16.9 Å². The molecule has 0 bridgehead atoms. The highest BCUT2D eigenvalue weighted by Gasteiger charge is 2.14. The number of halogens is 2. The lowest BCUT2D eigenvalue weighted by molar-refractivity contribution is -0.119. The Hall–Kier alpha value is -2.96. The summed E-state index contributed by atoms with van der Waals surface area (Å²) in [6.07, 6.45) is 0. The number of nitrogen functional groups attached to an aromatic ring is 1. The van der Waals surface area contributed by atoms with Crippen molar-refractivity contribution in [1.82, 2.24) is 0 Å². The molecule has 2 rings (SSSR count). The van der Waals surface area contributed by atoms with Crippen molar-refractivity contribution >= 4 is 23.3 Å². The molecule has 22 heavy (non-hydrogen) atoms. The van der Waals surface area contributed by atoms with Gasteiger partial charge in [0, 0.05) is 5.69 Å². The second kappa shape index (κ2) is 6.66. The zero-order valence-electron chi connectivity index (χ0n) is 11.3. The molecule has 1 amide bonds. The summed E-state index contributed by atoms with van der Waals surface area (Å²) in [6, 6.07) is 8.74. The average Bonchev–Trinajstić information content (AvgIpc) is 2.47. The molecule has 114 valence electrons. The molecule has 0 saturated heterocycles. The summed E-state index contributed by atoms with van der Waals surface area (Å²) in [5, 5.41) is 2.26. The molecule has 0 saturated carbocycles. The van der Waals surface area contributed by atoms with Crippen molar-refractivity contribution in [2.45, 2.75) is 0 Å². The molecule has 0 fully saturated rings. The van der Waals surface area contributed by atoms with E-state index < -0.39 is 30.1 Å². The first-order valence-electron chi connectivity index (χ1n) is 6.24. The van der Waals surface area contributed by atoms with Crippen molar-refractivity contribution in [3.05, 3.63) is 59.7 Å². The largest absolute Gasteiger partial charge is 0.452 e. The van der Waals surface area contributed by atoms with E-state index in [1.807, 2.05) is 0 Å². The molecule has 0 spiro atoms. The van der Waals surface area contributed by atoms with Gasteiger partial charge in [-0.05, 0) is 30.3 Å². The Kier molecular flexibility index (Phi) is 4.67. The molecule has 3 N–H and O–H groups in total. The van der Waals surface area contributed by atoms with Crippen LogP contribution in [0.2, 0.25) is 0 Å². The number of anilines is 2. The van der Waals surface area contributed by atoms with Gasteiger partial charge in [-0.25, -0.2) is 13.6 Å². The Morgan fingerprint density at radius 2 is 1.86 bits per heavy atom. The van der Waals surface area contributed by atoms with Gasteiger partial charge < -0.3 is 15.8 Å². The van der Waals surface area contributed by atoms with Gasteiger partial charge in [0.1, 0.15) is 11.6 Å². The molecule has 0 unspecified atom stereocenters. The van der Waals surface area contributed by atoms with Gasteiger partial charge in [-0.2, -0.15) is 0 Å². The van der Waals surface area contributed by atoms with Crippen LogP contribution < -0.4 is 11.1 Å². The van der Waals surface area contributed by atoms with Crippen LogP contribution in [0.3, 0.4) is 0 Å². The van der Waals surface area contributed by atoms with Crippen LogP contribution in [0.5, 0.6) is 0 Å². The number of para-hydroxylation sites is 1. The van der Waals surface area contributed by atoms with Gasteiger partial charge in [0.2, 0.25) is 0 Å². The number of rotatable bonds is 4. The first-order chi connectivity index (χ1) is 10.5. The number of hydrogen-bond donors (Lipinski definition) is 2. The Labute approximate surface area is 124 Å². The minimum Gasteiger partial charge on any atom is -0.452 e. The van der Waals surface area contributed by atoms with E-state index in [0.717, 1.165) is 18.2 Å². The van der Waals surface area contributed by atoms with Gasteiger partial charge >= 0.3 is 5.97 Å². The first-order valence-corrected chi connectivity index (χ1v) is 6.24. The third-order valence-corrected chi connectivity index (χ3v) is 2.72. The molecule has 5 nitrogen and oxygen atoms in total. The molecule has 0 aliphatic heterocycles. The highest BCUT2D eigenvalue weighted by Crippen LogP contribution is 2.15. The fourth-order valence-corrected chi connectivity index (χ4v) is 1.68. The number of carbonyl (C=O) groups is 2. The molecule has 7 heteroatoms. The zero-order chi connectivity index (χ0) is 16.1. The summed E-state index contributed by atoms with van der Waals surface area (Å²) in [5.74, 6) is -2.78. The molecule has 2 aromatic rings. The molecule has 0 aromatic heterocycles. The maximum atomic E-state index is 13.3. The monoisotopic (exact) mass is 306 g/mol. The number of carbonyl (C=O) groups excluding carboxylic acids is 2. The molecular formula is C15H12F2N2O3. The predicted octanol–water partition coefficient (Wildman–Crippen LogP) is 2.34. The number of amides is 1. The Bertz CT molecular complexity index is 720. The normalized spacial score (nSPS) is 10.1. The maximum Gasteiger partial charge on any atom is 0.340 e. The van der Waals surface area contributed by atoms with Crippen LogP contribution in [-0.2, 0) is 9.53 Å². The summed E-state index contributed by atoms with van der Waals surface area (Å²) >= 11 is 0. The molecular weight excluding hydrogens is 294 g/mol. The van der Waals surface area contributed by atoms with Gasteiger partial charge in [0.05, 0.1) is 11.3 Å². The zero-order valence-corrected chi connectivity index (χ0v) is 11.3. The lowest BCUT2D eigenvalue weighted by Crippen LogP contribution is -2.21. The molecule has 0 aliphatic rings. The molecule has 0 atom stereocenters. The van der Waals surface area contributed by atoms with E-state index in [1.54, 1.807) is 6.07 Å². The summed E-state index contributed by atoms with van der Waals surface area (Å²) in [6.45, 7) is -0.621. The van der Waals surface area contributed by atoms with Crippen LogP contribution in [0, 0.1) is 11.6 Å². The van der Waals surface area contributed by atoms with Crippen LogP contribution in [0.15, 0.2) is 42.5 Å². The molecule has 2 aromatic carbocycles. The maximum absolute atomic E-state index is 13.3. The van der Waals surface area contributed by atoms with E-state index in [4.69, 9.17) is 10.5 Å². The van der Waals surface area contributed by atoms with Crippen molar-refractivity contribution in [2.75, 3.05) is 17.7 Å². The predicted molar refractivity (Wildman–Crippen MR) is 76.1 cm³/mol. The number of benzene rings is 2. The average molecular weight is 306 g/mol. The lowest BCUT2D eigenvalue weighted by Gasteiger charge is -2.08. The summed E-state index contributed by atoms with van der Waals surface area (Å²) in [4.78, 5) is 23.3. The van der Waals surface area contributed by atoms with Gasteiger partial charge in [-0.15, -0.1) is 0 Å². The minimum atomic E-state index is -0.874. The first kappa shape index (κ1) is 15.4. The third kappa shape index (κ3) is 3.78. The SMILES string of the molecule is Nc1cc(F)ccc1C(=O)OCC(=O)Nc1ccccc1F. The van der Waals surface area contributed by atoms with Crippen molar-refractivity contribution in [3.63, 3.8) is 0 Å². The van der Waals surface area contributed by atoms with E-state index in [1.165, 1.54) is 18.2 Å². The Balaban J connectivity index is 1.93. The third-order valence-electron chi connectivity index (χ3n) is 2.72. The highest BCUT2D eigenvalue weighted by molar-refractivity contribution is 5.98. The van der Waals surface area contributed by atoms with Crippen LogP contribution >= 0.6 is 0 Å². The summed E-state index contributed by atoms with van der Waals surface area (Å²) < 4.78 is 31.0. The fraction of sp³-hybridized carbons (Fsp3) is 0.0667. The number of nitrogens with two attached hydrogens (primary N) is 1. The van der Waals surface area contributed by atoms with E-state index >= 15 is 0 Å². The molecule has 0 radical (unpaired) electrons. The van der Waals surface area contributed by atoms with E-state index in [9.17, 15) is 18.4 Å². The van der Waals surface area contributed by atoms with Crippen molar-refractivity contribution in [1.29, 1.82) is 0 Å². The van der Waals surface area contributed by atoms with Crippen molar-refractivity contribution in [3.8, 4) is 0 Å².